The Morgan fingerprint density at radius 2 is 1.47 bits per heavy atom. The fourth-order valence-corrected chi connectivity index (χ4v) is 4.91. The number of benzene rings is 2. The fraction of sp³-hybridized carbons (Fsp3) is 0.520. The number of sulfonamides is 1. The first-order valence-electron chi connectivity index (χ1n) is 11.6. The average Bonchev–Trinajstić information content (AvgIpc) is 2.80. The van der Waals surface area contributed by atoms with Crippen LogP contribution in [0.3, 0.4) is 0 Å². The molecular formula is C25H37BrN2O3S. The summed E-state index contributed by atoms with van der Waals surface area (Å²) in [7, 11) is -2.03. The largest absolute Gasteiger partial charge is 0.494 e. The highest BCUT2D eigenvalue weighted by molar-refractivity contribution is 9.10. The lowest BCUT2D eigenvalue weighted by Gasteiger charge is -2.20. The van der Waals surface area contributed by atoms with Gasteiger partial charge in [0.15, 0.2) is 0 Å². The van der Waals surface area contributed by atoms with Crippen LogP contribution in [0.25, 0.3) is 0 Å². The number of anilines is 1. The van der Waals surface area contributed by atoms with Crippen LogP contribution in [0, 0.1) is 0 Å². The molecule has 2 rings (SSSR count). The topological polar surface area (TPSA) is 49.9 Å². The zero-order valence-electron chi connectivity index (χ0n) is 19.6. The summed E-state index contributed by atoms with van der Waals surface area (Å²) in [6.07, 6.45) is 7.20. The molecule has 7 heteroatoms. The molecule has 0 aliphatic carbocycles. The summed E-state index contributed by atoms with van der Waals surface area (Å²) in [6.45, 7) is 8.70. The number of halogens is 1. The average molecular weight is 526 g/mol. The second-order valence-corrected chi connectivity index (χ2v) is 10.9. The second-order valence-electron chi connectivity index (χ2n) is 7.97. The molecular weight excluding hydrogens is 488 g/mol. The molecule has 0 N–H and O–H groups in total. The summed E-state index contributed by atoms with van der Waals surface area (Å²) in [6, 6.07) is 13.9. The predicted octanol–water partition coefficient (Wildman–Crippen LogP) is 6.34. The molecule has 0 aromatic heterocycles. The van der Waals surface area contributed by atoms with Crippen molar-refractivity contribution in [1.82, 2.24) is 4.90 Å². The van der Waals surface area contributed by atoms with Gasteiger partial charge in [0, 0.05) is 11.5 Å². The van der Waals surface area contributed by atoms with Crippen LogP contribution in [0.5, 0.6) is 5.75 Å². The molecule has 2 aromatic rings. The van der Waals surface area contributed by atoms with Crippen molar-refractivity contribution in [1.29, 1.82) is 0 Å². The zero-order valence-corrected chi connectivity index (χ0v) is 22.0. The van der Waals surface area contributed by atoms with Gasteiger partial charge in [-0.3, -0.25) is 4.31 Å². The van der Waals surface area contributed by atoms with Crippen molar-refractivity contribution in [2.75, 3.05) is 37.6 Å². The third kappa shape index (κ3) is 8.41. The van der Waals surface area contributed by atoms with E-state index in [4.69, 9.17) is 4.74 Å². The van der Waals surface area contributed by atoms with E-state index in [2.05, 4.69) is 34.7 Å². The van der Waals surface area contributed by atoms with Gasteiger partial charge in [0.2, 0.25) is 0 Å². The van der Waals surface area contributed by atoms with Crippen LogP contribution in [-0.4, -0.2) is 46.6 Å². The van der Waals surface area contributed by atoms with E-state index in [0.717, 1.165) is 29.6 Å². The predicted molar refractivity (Wildman–Crippen MR) is 137 cm³/mol. The standard InChI is InChI=1S/C25H37BrN2O3S/c1-4-6-19-28(5-2)20-9-7-8-10-21-31-24-15-13-23(14-16-24)27(3)32(29,30)25-17-11-22(26)12-18-25/h11-18H,4-10,19-21H2,1-3H3. The highest BCUT2D eigenvalue weighted by atomic mass is 79.9. The van der Waals surface area contributed by atoms with Crippen molar-refractivity contribution in [2.45, 2.75) is 57.3 Å². The molecule has 0 spiro atoms. The van der Waals surface area contributed by atoms with Crippen molar-refractivity contribution in [3.05, 3.63) is 53.0 Å². The molecule has 0 unspecified atom stereocenters. The Morgan fingerprint density at radius 3 is 2.09 bits per heavy atom. The molecule has 0 bridgehead atoms. The first-order chi connectivity index (χ1) is 15.4. The second kappa shape index (κ2) is 13.9. The van der Waals surface area contributed by atoms with Crippen molar-refractivity contribution in [3.63, 3.8) is 0 Å². The highest BCUT2D eigenvalue weighted by Crippen LogP contribution is 2.25. The lowest BCUT2D eigenvalue weighted by atomic mass is 10.2. The normalized spacial score (nSPS) is 11.7. The van der Waals surface area contributed by atoms with Gasteiger partial charge in [0.1, 0.15) is 5.75 Å². The Bertz CT molecular complexity index is 886. The highest BCUT2D eigenvalue weighted by Gasteiger charge is 2.21. The number of unbranched alkanes of at least 4 members (excludes halogenated alkanes) is 4. The third-order valence-corrected chi connectivity index (χ3v) is 7.91. The van der Waals surface area contributed by atoms with Crippen LogP contribution < -0.4 is 9.04 Å². The van der Waals surface area contributed by atoms with Gasteiger partial charge in [-0.05, 0) is 87.4 Å². The van der Waals surface area contributed by atoms with Crippen molar-refractivity contribution < 1.29 is 13.2 Å². The molecule has 0 heterocycles. The van der Waals surface area contributed by atoms with E-state index in [-0.39, 0.29) is 4.90 Å². The molecule has 0 saturated heterocycles. The van der Waals surface area contributed by atoms with Gasteiger partial charge in [-0.15, -0.1) is 0 Å². The van der Waals surface area contributed by atoms with E-state index < -0.39 is 10.0 Å². The quantitative estimate of drug-likeness (QED) is 0.255. The summed E-state index contributed by atoms with van der Waals surface area (Å²) in [5, 5.41) is 0. The van der Waals surface area contributed by atoms with Crippen LogP contribution in [-0.2, 0) is 10.0 Å². The Morgan fingerprint density at radius 1 is 0.844 bits per heavy atom. The van der Waals surface area contributed by atoms with Gasteiger partial charge >= 0.3 is 0 Å². The summed E-state index contributed by atoms with van der Waals surface area (Å²) in [5.74, 6) is 0.764. The van der Waals surface area contributed by atoms with Crippen LogP contribution in [0.2, 0.25) is 0 Å². The molecule has 32 heavy (non-hydrogen) atoms. The third-order valence-electron chi connectivity index (χ3n) is 5.58. The smallest absolute Gasteiger partial charge is 0.264 e. The SMILES string of the molecule is CCCCN(CC)CCCCCCOc1ccc(N(C)S(=O)(=O)c2ccc(Br)cc2)cc1. The summed E-state index contributed by atoms with van der Waals surface area (Å²) in [4.78, 5) is 2.80. The zero-order chi connectivity index (χ0) is 23.4. The van der Waals surface area contributed by atoms with Gasteiger partial charge in [-0.1, -0.05) is 49.0 Å². The summed E-state index contributed by atoms with van der Waals surface area (Å²) < 4.78 is 33.6. The number of hydrogen-bond donors (Lipinski definition) is 0. The van der Waals surface area contributed by atoms with E-state index in [0.29, 0.717) is 12.3 Å². The van der Waals surface area contributed by atoms with E-state index in [1.807, 2.05) is 12.1 Å². The Balaban J connectivity index is 1.73. The lowest BCUT2D eigenvalue weighted by Crippen LogP contribution is -2.26. The van der Waals surface area contributed by atoms with E-state index in [9.17, 15) is 8.42 Å². The molecule has 0 saturated carbocycles. The molecule has 0 fully saturated rings. The maximum atomic E-state index is 12.8. The molecule has 0 aliphatic rings. The fourth-order valence-electron chi connectivity index (χ4n) is 3.45. The summed E-state index contributed by atoms with van der Waals surface area (Å²) >= 11 is 3.33. The molecule has 0 amide bonds. The van der Waals surface area contributed by atoms with Crippen LogP contribution in [0.15, 0.2) is 57.9 Å². The van der Waals surface area contributed by atoms with Crippen molar-refractivity contribution in [2.24, 2.45) is 0 Å². The van der Waals surface area contributed by atoms with E-state index in [1.54, 1.807) is 43.4 Å². The van der Waals surface area contributed by atoms with Gasteiger partial charge in [-0.2, -0.15) is 0 Å². The number of nitrogens with zero attached hydrogens (tertiary/aromatic N) is 2. The number of rotatable bonds is 15. The van der Waals surface area contributed by atoms with Crippen LogP contribution in [0.1, 0.15) is 52.4 Å². The summed E-state index contributed by atoms with van der Waals surface area (Å²) in [5.41, 5.74) is 0.601. The number of ether oxygens (including phenoxy) is 1. The Hall–Kier alpha value is -1.57. The maximum absolute atomic E-state index is 12.8. The van der Waals surface area contributed by atoms with E-state index in [1.165, 1.54) is 43.1 Å². The molecule has 178 valence electrons. The lowest BCUT2D eigenvalue weighted by molar-refractivity contribution is 0.271. The Labute approximate surface area is 202 Å². The molecule has 0 atom stereocenters. The van der Waals surface area contributed by atoms with Gasteiger partial charge in [0.25, 0.3) is 10.0 Å². The van der Waals surface area contributed by atoms with Gasteiger partial charge < -0.3 is 9.64 Å². The van der Waals surface area contributed by atoms with Gasteiger partial charge in [0.05, 0.1) is 17.2 Å². The first kappa shape index (κ1) is 26.7. The Kier molecular flexibility index (Phi) is 11.6. The van der Waals surface area contributed by atoms with E-state index >= 15 is 0 Å². The maximum Gasteiger partial charge on any atom is 0.264 e. The van der Waals surface area contributed by atoms with Crippen LogP contribution in [0.4, 0.5) is 5.69 Å². The molecule has 0 aliphatic heterocycles. The molecule has 0 radical (unpaired) electrons. The van der Waals surface area contributed by atoms with Crippen LogP contribution >= 0.6 is 15.9 Å². The monoisotopic (exact) mass is 524 g/mol. The van der Waals surface area contributed by atoms with Crippen molar-refractivity contribution >= 4 is 31.6 Å². The first-order valence-corrected chi connectivity index (χ1v) is 13.8. The van der Waals surface area contributed by atoms with Crippen molar-refractivity contribution in [3.8, 4) is 5.75 Å². The minimum absolute atomic E-state index is 0.260. The minimum Gasteiger partial charge on any atom is -0.494 e. The minimum atomic E-state index is -3.60. The van der Waals surface area contributed by atoms with Gasteiger partial charge in [-0.25, -0.2) is 8.42 Å². The molecule has 2 aromatic carbocycles. The molecule has 5 nitrogen and oxygen atoms in total. The number of hydrogen-bond acceptors (Lipinski definition) is 4.